The van der Waals surface area contributed by atoms with Gasteiger partial charge in [-0.25, -0.2) is 13.6 Å². The average Bonchev–Trinajstić information content (AvgIpc) is 2.38. The summed E-state index contributed by atoms with van der Waals surface area (Å²) >= 11 is 0. The van der Waals surface area contributed by atoms with Crippen LogP contribution in [0.3, 0.4) is 0 Å². The summed E-state index contributed by atoms with van der Waals surface area (Å²) in [4.78, 5) is 0. The van der Waals surface area contributed by atoms with Crippen molar-refractivity contribution >= 4 is 22.3 Å². The molecule has 0 saturated carbocycles. The van der Waals surface area contributed by atoms with Crippen LogP contribution in [0.2, 0.25) is 0 Å². The molecule has 0 amide bonds. The van der Waals surface area contributed by atoms with Gasteiger partial charge in [-0.1, -0.05) is 36.4 Å². The summed E-state index contributed by atoms with van der Waals surface area (Å²) in [5.74, 6) is 0. The number of benzene rings is 2. The standard InChI is InChI=1S/C12H10N2.H3NO2S/c1-3-7-11(8-4-1)13-14-12-9-5-2-6-10-12;1-4(2)3/h1-10H;4H,(H2,1,2,3)/b14-13+;. The molecular weight excluding hydrogens is 250 g/mol. The molecule has 0 fully saturated rings. The number of nitrogens with two attached hydrogens (primary N) is 1. The molecule has 94 valence electrons. The fourth-order valence-electron chi connectivity index (χ4n) is 1.10. The first-order chi connectivity index (χ1) is 8.68. The quantitative estimate of drug-likeness (QED) is 0.644. The Hall–Kier alpha value is -2.05. The molecule has 0 saturated heterocycles. The summed E-state index contributed by atoms with van der Waals surface area (Å²) < 4.78 is 17.6. The van der Waals surface area contributed by atoms with E-state index in [2.05, 4.69) is 15.4 Å². The van der Waals surface area contributed by atoms with E-state index in [1.165, 1.54) is 0 Å². The van der Waals surface area contributed by atoms with Crippen molar-refractivity contribution in [2.75, 3.05) is 0 Å². The molecular formula is C12H13N3O2S. The van der Waals surface area contributed by atoms with E-state index in [9.17, 15) is 0 Å². The lowest BCUT2D eigenvalue weighted by molar-refractivity contribution is 0.616. The highest BCUT2D eigenvalue weighted by Gasteiger charge is 1.86. The molecule has 2 aromatic rings. The normalized spacial score (nSPS) is 10.1. The van der Waals surface area contributed by atoms with Crippen LogP contribution in [0.5, 0.6) is 0 Å². The number of azo groups is 1. The molecule has 2 N–H and O–H groups in total. The van der Waals surface area contributed by atoms with Gasteiger partial charge in [-0.15, -0.1) is 0 Å². The smallest absolute Gasteiger partial charge is 0.198 e. The molecule has 0 radical (unpaired) electrons. The summed E-state index contributed by atoms with van der Waals surface area (Å²) in [5.41, 5.74) is 1.74. The van der Waals surface area contributed by atoms with E-state index in [0.29, 0.717) is 0 Å². The number of hydrogen-bond donors (Lipinski definition) is 2. The Balaban J connectivity index is 0.000000357. The molecule has 0 aliphatic heterocycles. The first kappa shape index (κ1) is 14.0. The molecule has 2 rings (SSSR count). The summed E-state index contributed by atoms with van der Waals surface area (Å²) in [5, 5.41) is 12.3. The second-order valence-electron chi connectivity index (χ2n) is 3.16. The minimum absolute atomic E-state index is 0.872. The summed E-state index contributed by atoms with van der Waals surface area (Å²) in [6, 6.07) is 19.4. The fourth-order valence-corrected chi connectivity index (χ4v) is 1.10. The SMILES string of the molecule is N[SH](=O)=O.c1ccc(/N=N/c2ccccc2)cc1. The van der Waals surface area contributed by atoms with Crippen molar-refractivity contribution < 1.29 is 8.42 Å². The number of hydrogen-bond acceptors (Lipinski definition) is 4. The van der Waals surface area contributed by atoms with E-state index in [-0.39, 0.29) is 0 Å². The largest absolute Gasteiger partial charge is 0.231 e. The van der Waals surface area contributed by atoms with E-state index in [0.717, 1.165) is 11.4 Å². The molecule has 0 aromatic heterocycles. The lowest BCUT2D eigenvalue weighted by Gasteiger charge is -1.91. The van der Waals surface area contributed by atoms with Crippen LogP contribution in [-0.4, -0.2) is 8.42 Å². The Labute approximate surface area is 107 Å². The van der Waals surface area contributed by atoms with Crippen LogP contribution in [0, 0.1) is 0 Å². The van der Waals surface area contributed by atoms with Crippen molar-refractivity contribution in [2.45, 2.75) is 0 Å². The number of nitrogens with zero attached hydrogens (tertiary/aromatic N) is 2. The summed E-state index contributed by atoms with van der Waals surface area (Å²) in [7, 11) is -2.62. The Morgan fingerprint density at radius 2 is 1.00 bits per heavy atom. The summed E-state index contributed by atoms with van der Waals surface area (Å²) in [6.45, 7) is 0. The maximum Gasteiger partial charge on any atom is 0.198 e. The maximum atomic E-state index is 8.81. The van der Waals surface area contributed by atoms with E-state index >= 15 is 0 Å². The van der Waals surface area contributed by atoms with Crippen LogP contribution in [0.4, 0.5) is 11.4 Å². The van der Waals surface area contributed by atoms with Gasteiger partial charge in [0.1, 0.15) is 0 Å². The molecule has 0 unspecified atom stereocenters. The minimum atomic E-state index is -2.62. The van der Waals surface area contributed by atoms with Gasteiger partial charge in [0, 0.05) is 0 Å². The molecule has 18 heavy (non-hydrogen) atoms. The molecule has 0 heterocycles. The molecule has 0 spiro atoms. The Morgan fingerprint density at radius 3 is 1.28 bits per heavy atom. The zero-order valence-corrected chi connectivity index (χ0v) is 10.4. The van der Waals surface area contributed by atoms with Gasteiger partial charge in [-0.3, -0.25) is 0 Å². The molecule has 6 heteroatoms. The maximum absolute atomic E-state index is 8.81. The van der Waals surface area contributed by atoms with E-state index < -0.39 is 10.9 Å². The third kappa shape index (κ3) is 6.51. The molecule has 2 aromatic carbocycles. The number of thiol groups is 1. The van der Waals surface area contributed by atoms with Crippen molar-refractivity contribution in [3.63, 3.8) is 0 Å². The zero-order valence-electron chi connectivity index (χ0n) is 9.51. The average molecular weight is 263 g/mol. The van der Waals surface area contributed by atoms with Gasteiger partial charge >= 0.3 is 0 Å². The second-order valence-corrected chi connectivity index (χ2v) is 3.73. The first-order valence-electron chi connectivity index (χ1n) is 5.09. The van der Waals surface area contributed by atoms with Crippen LogP contribution in [0.15, 0.2) is 70.9 Å². The lowest BCUT2D eigenvalue weighted by atomic mass is 10.3. The van der Waals surface area contributed by atoms with Crippen molar-refractivity contribution in [3.05, 3.63) is 60.7 Å². The molecule has 0 aliphatic carbocycles. The Morgan fingerprint density at radius 1 is 0.722 bits per heavy atom. The van der Waals surface area contributed by atoms with Gasteiger partial charge in [0.2, 0.25) is 0 Å². The predicted octanol–water partition coefficient (Wildman–Crippen LogP) is 2.57. The van der Waals surface area contributed by atoms with Crippen molar-refractivity contribution in [3.8, 4) is 0 Å². The molecule has 5 nitrogen and oxygen atoms in total. The highest BCUT2D eigenvalue weighted by Crippen LogP contribution is 2.16. The third-order valence-corrected chi connectivity index (χ3v) is 1.79. The van der Waals surface area contributed by atoms with Gasteiger partial charge in [0.15, 0.2) is 10.9 Å². The van der Waals surface area contributed by atoms with Gasteiger partial charge in [-0.2, -0.15) is 10.2 Å². The molecule has 0 atom stereocenters. The van der Waals surface area contributed by atoms with E-state index in [1.807, 2.05) is 60.7 Å². The lowest BCUT2D eigenvalue weighted by Crippen LogP contribution is -1.85. The van der Waals surface area contributed by atoms with E-state index in [1.54, 1.807) is 0 Å². The predicted molar refractivity (Wildman–Crippen MR) is 71.6 cm³/mol. The highest BCUT2D eigenvalue weighted by molar-refractivity contribution is 7.69. The monoisotopic (exact) mass is 263 g/mol. The highest BCUT2D eigenvalue weighted by atomic mass is 32.2. The minimum Gasteiger partial charge on any atom is -0.231 e. The van der Waals surface area contributed by atoms with Gasteiger partial charge in [0.25, 0.3) is 0 Å². The van der Waals surface area contributed by atoms with E-state index in [4.69, 9.17) is 8.42 Å². The number of rotatable bonds is 2. The molecule has 0 bridgehead atoms. The zero-order chi connectivity index (χ0) is 13.2. The van der Waals surface area contributed by atoms with Crippen LogP contribution >= 0.6 is 0 Å². The van der Waals surface area contributed by atoms with Crippen molar-refractivity contribution in [1.82, 2.24) is 0 Å². The molecule has 0 aliphatic rings. The van der Waals surface area contributed by atoms with Crippen molar-refractivity contribution in [1.29, 1.82) is 0 Å². The fraction of sp³-hybridized carbons (Fsp3) is 0. The van der Waals surface area contributed by atoms with Gasteiger partial charge in [0.05, 0.1) is 11.4 Å². The Kier molecular flexibility index (Phi) is 6.31. The van der Waals surface area contributed by atoms with Gasteiger partial charge in [-0.05, 0) is 24.3 Å². The first-order valence-corrected chi connectivity index (χ1v) is 6.34. The summed E-state index contributed by atoms with van der Waals surface area (Å²) in [6.07, 6.45) is 0. The topological polar surface area (TPSA) is 84.9 Å². The Bertz CT molecular complexity index is 505. The third-order valence-electron chi connectivity index (χ3n) is 1.79. The second kappa shape index (κ2) is 8.10. The van der Waals surface area contributed by atoms with Crippen LogP contribution in [0.1, 0.15) is 0 Å². The van der Waals surface area contributed by atoms with Crippen LogP contribution in [-0.2, 0) is 10.9 Å². The van der Waals surface area contributed by atoms with Crippen molar-refractivity contribution in [2.24, 2.45) is 15.4 Å². The van der Waals surface area contributed by atoms with Crippen LogP contribution in [0.25, 0.3) is 0 Å². The van der Waals surface area contributed by atoms with Gasteiger partial charge < -0.3 is 0 Å². The van der Waals surface area contributed by atoms with Crippen LogP contribution < -0.4 is 5.14 Å².